The number of phenolic OH excluding ortho intramolecular Hbond substituents is 1. The fourth-order valence-corrected chi connectivity index (χ4v) is 2.17. The van der Waals surface area contributed by atoms with Gasteiger partial charge in [-0.05, 0) is 30.4 Å². The molecular weight excluding hydrogens is 370 g/mol. The molecule has 0 heterocycles. The maximum atomic E-state index is 11.8. The molecule has 0 fully saturated rings. The average molecular weight is 382 g/mol. The first-order chi connectivity index (χ1) is 11.9. The van der Waals surface area contributed by atoms with Crippen molar-refractivity contribution in [3.05, 3.63) is 57.6 Å². The Hall–Kier alpha value is -2.91. The summed E-state index contributed by atoms with van der Waals surface area (Å²) < 4.78 is 5.26. The zero-order chi connectivity index (χ0) is 18.4. The van der Waals surface area contributed by atoms with Crippen LogP contribution in [-0.2, 0) is 4.79 Å². The van der Waals surface area contributed by atoms with Crippen LogP contribution >= 0.6 is 23.8 Å². The van der Waals surface area contributed by atoms with Gasteiger partial charge in [0.25, 0.3) is 11.6 Å². The summed E-state index contributed by atoms with van der Waals surface area (Å²) in [6, 6.07) is 10.1. The van der Waals surface area contributed by atoms with Crippen LogP contribution in [0.1, 0.15) is 0 Å². The number of thiocarbonyl (C=S) groups is 1. The number of non-ortho nitro benzene ring substituents is 1. The Morgan fingerprint density at radius 1 is 1.32 bits per heavy atom. The molecule has 0 aliphatic carbocycles. The summed E-state index contributed by atoms with van der Waals surface area (Å²) in [6.07, 6.45) is 0. The minimum absolute atomic E-state index is 0.100. The van der Waals surface area contributed by atoms with Crippen LogP contribution in [0.5, 0.6) is 11.5 Å². The summed E-state index contributed by atoms with van der Waals surface area (Å²) in [5.74, 6) is -0.567. The lowest BCUT2D eigenvalue weighted by molar-refractivity contribution is -0.384. The summed E-state index contributed by atoms with van der Waals surface area (Å²) in [6.45, 7) is -0.322. The monoisotopic (exact) mass is 381 g/mol. The number of rotatable bonds is 5. The second-order valence-electron chi connectivity index (χ2n) is 4.68. The van der Waals surface area contributed by atoms with Crippen LogP contribution in [0, 0.1) is 10.1 Å². The van der Waals surface area contributed by atoms with Crippen LogP contribution in [-0.4, -0.2) is 27.7 Å². The normalized spacial score (nSPS) is 9.96. The minimum atomic E-state index is -0.643. The molecule has 2 aromatic rings. The van der Waals surface area contributed by atoms with Crippen molar-refractivity contribution in [2.24, 2.45) is 0 Å². The Labute approximate surface area is 152 Å². The quantitative estimate of drug-likeness (QED) is 0.316. The van der Waals surface area contributed by atoms with Gasteiger partial charge < -0.3 is 15.2 Å². The fraction of sp³-hybridized carbons (Fsp3) is 0.0667. The molecule has 8 nitrogen and oxygen atoms in total. The molecule has 130 valence electrons. The number of amides is 1. The van der Waals surface area contributed by atoms with E-state index in [-0.39, 0.29) is 28.8 Å². The highest BCUT2D eigenvalue weighted by Crippen LogP contribution is 2.27. The number of anilines is 1. The minimum Gasteiger partial charge on any atom is -0.506 e. The van der Waals surface area contributed by atoms with E-state index < -0.39 is 10.8 Å². The van der Waals surface area contributed by atoms with Gasteiger partial charge in [-0.1, -0.05) is 23.7 Å². The highest BCUT2D eigenvalue weighted by atomic mass is 35.5. The lowest BCUT2D eigenvalue weighted by atomic mass is 10.2. The van der Waals surface area contributed by atoms with E-state index in [1.807, 2.05) is 0 Å². The van der Waals surface area contributed by atoms with Crippen molar-refractivity contribution in [2.45, 2.75) is 0 Å². The second kappa shape index (κ2) is 8.27. The topological polar surface area (TPSA) is 114 Å². The van der Waals surface area contributed by atoms with Crippen LogP contribution in [0.25, 0.3) is 0 Å². The number of nitro groups is 1. The number of nitrogens with zero attached hydrogens (tertiary/aromatic N) is 1. The molecule has 0 spiro atoms. The Morgan fingerprint density at radius 2 is 2.04 bits per heavy atom. The molecule has 1 amide bonds. The number of benzene rings is 2. The van der Waals surface area contributed by atoms with E-state index in [1.54, 1.807) is 24.3 Å². The molecule has 2 aromatic carbocycles. The number of nitro benzene ring substituents is 1. The average Bonchev–Trinajstić information content (AvgIpc) is 2.55. The molecule has 0 unspecified atom stereocenters. The van der Waals surface area contributed by atoms with Gasteiger partial charge in [-0.15, -0.1) is 0 Å². The number of hydrogen-bond donors (Lipinski definition) is 3. The smallest absolute Gasteiger partial charge is 0.273 e. The Balaban J connectivity index is 1.88. The van der Waals surface area contributed by atoms with Gasteiger partial charge in [0.15, 0.2) is 11.7 Å². The van der Waals surface area contributed by atoms with Crippen molar-refractivity contribution in [3.63, 3.8) is 0 Å². The number of halogens is 1. The van der Waals surface area contributed by atoms with Crippen molar-refractivity contribution in [2.75, 3.05) is 11.9 Å². The first-order valence-corrected chi connectivity index (χ1v) is 7.61. The fourth-order valence-electron chi connectivity index (χ4n) is 1.76. The lowest BCUT2D eigenvalue weighted by Crippen LogP contribution is -2.37. The number of phenols is 1. The molecule has 0 aliphatic heterocycles. The van der Waals surface area contributed by atoms with E-state index in [0.717, 1.165) is 6.07 Å². The molecule has 0 saturated heterocycles. The molecule has 0 aromatic heterocycles. The SMILES string of the molecule is O=C(COc1ccccc1Cl)NC(=S)Nc1ccc([N+](=O)[O-])cc1O. The first-order valence-electron chi connectivity index (χ1n) is 6.82. The third kappa shape index (κ3) is 5.30. The molecule has 0 saturated carbocycles. The number of para-hydroxylation sites is 1. The van der Waals surface area contributed by atoms with E-state index >= 15 is 0 Å². The van der Waals surface area contributed by atoms with Crippen LogP contribution < -0.4 is 15.4 Å². The van der Waals surface area contributed by atoms with E-state index in [4.69, 9.17) is 28.6 Å². The Morgan fingerprint density at radius 3 is 2.68 bits per heavy atom. The highest BCUT2D eigenvalue weighted by molar-refractivity contribution is 7.80. The number of hydrogen-bond acceptors (Lipinski definition) is 6. The van der Waals surface area contributed by atoms with Crippen LogP contribution in [0.3, 0.4) is 0 Å². The van der Waals surface area contributed by atoms with Crippen LogP contribution in [0.4, 0.5) is 11.4 Å². The molecule has 0 bridgehead atoms. The molecule has 0 radical (unpaired) electrons. The van der Waals surface area contributed by atoms with Gasteiger partial charge in [0.2, 0.25) is 0 Å². The van der Waals surface area contributed by atoms with E-state index in [0.29, 0.717) is 10.8 Å². The zero-order valence-corrected chi connectivity index (χ0v) is 14.1. The highest BCUT2D eigenvalue weighted by Gasteiger charge is 2.12. The summed E-state index contributed by atoms with van der Waals surface area (Å²) in [4.78, 5) is 21.8. The number of aromatic hydroxyl groups is 1. The van der Waals surface area contributed by atoms with E-state index in [2.05, 4.69) is 10.6 Å². The lowest BCUT2D eigenvalue weighted by Gasteiger charge is -2.11. The molecule has 3 N–H and O–H groups in total. The Bertz CT molecular complexity index is 831. The van der Waals surface area contributed by atoms with Crippen molar-refractivity contribution in [1.29, 1.82) is 0 Å². The maximum absolute atomic E-state index is 11.8. The maximum Gasteiger partial charge on any atom is 0.273 e. The third-order valence-corrected chi connectivity index (χ3v) is 3.41. The van der Waals surface area contributed by atoms with Crippen LogP contribution in [0.15, 0.2) is 42.5 Å². The summed E-state index contributed by atoms with van der Waals surface area (Å²) in [5.41, 5.74) is -0.158. The van der Waals surface area contributed by atoms with Gasteiger partial charge in [-0.2, -0.15) is 0 Å². The third-order valence-electron chi connectivity index (χ3n) is 2.89. The van der Waals surface area contributed by atoms with Crippen molar-refractivity contribution < 1.29 is 19.6 Å². The van der Waals surface area contributed by atoms with E-state index in [1.165, 1.54) is 12.1 Å². The molecular formula is C15H12ClN3O5S. The first kappa shape index (κ1) is 18.4. The molecule has 2 rings (SSSR count). The molecule has 0 aliphatic rings. The summed E-state index contributed by atoms with van der Waals surface area (Å²) in [7, 11) is 0. The number of ether oxygens (including phenoxy) is 1. The number of carbonyl (C=O) groups is 1. The second-order valence-corrected chi connectivity index (χ2v) is 5.50. The van der Waals surface area contributed by atoms with Gasteiger partial charge in [-0.25, -0.2) is 0 Å². The van der Waals surface area contributed by atoms with Gasteiger partial charge in [0, 0.05) is 6.07 Å². The van der Waals surface area contributed by atoms with E-state index in [9.17, 15) is 20.0 Å². The molecule has 10 heteroatoms. The van der Waals surface area contributed by atoms with Gasteiger partial charge in [0.05, 0.1) is 21.7 Å². The standard InChI is InChI=1S/C15H12ClN3O5S/c16-10-3-1-2-4-13(10)24-8-14(21)18-15(25)17-11-6-5-9(19(22)23)7-12(11)20/h1-7,20H,8H2,(H2,17,18,21,25). The van der Waals surface area contributed by atoms with Gasteiger partial charge in [0.1, 0.15) is 11.5 Å². The van der Waals surface area contributed by atoms with Crippen molar-refractivity contribution >= 4 is 46.2 Å². The van der Waals surface area contributed by atoms with Crippen molar-refractivity contribution in [1.82, 2.24) is 5.32 Å². The Kier molecular flexibility index (Phi) is 6.09. The van der Waals surface area contributed by atoms with Crippen molar-refractivity contribution in [3.8, 4) is 11.5 Å². The molecule has 25 heavy (non-hydrogen) atoms. The van der Waals surface area contributed by atoms with Gasteiger partial charge in [-0.3, -0.25) is 20.2 Å². The number of carbonyl (C=O) groups excluding carboxylic acids is 1. The zero-order valence-electron chi connectivity index (χ0n) is 12.6. The summed E-state index contributed by atoms with van der Waals surface area (Å²) >= 11 is 10.8. The van der Waals surface area contributed by atoms with Crippen LogP contribution in [0.2, 0.25) is 5.02 Å². The predicted molar refractivity (Wildman–Crippen MR) is 96.1 cm³/mol. The number of nitrogens with one attached hydrogen (secondary N) is 2. The summed E-state index contributed by atoms with van der Waals surface area (Å²) in [5, 5.41) is 25.5. The largest absolute Gasteiger partial charge is 0.506 e. The predicted octanol–water partition coefficient (Wildman–Crippen LogP) is 2.85. The molecule has 0 atom stereocenters. The van der Waals surface area contributed by atoms with Gasteiger partial charge >= 0.3 is 0 Å².